The summed E-state index contributed by atoms with van der Waals surface area (Å²) < 4.78 is 27.1. The molecule has 5 nitrogen and oxygen atoms in total. The first kappa shape index (κ1) is 12.2. The van der Waals surface area contributed by atoms with Crippen LogP contribution < -0.4 is 10.0 Å². The Hall–Kier alpha value is -0.850. The monoisotopic (exact) mass is 269 g/mol. The van der Waals surface area contributed by atoms with Crippen molar-refractivity contribution in [2.24, 2.45) is 0 Å². The lowest BCUT2D eigenvalue weighted by atomic mass is 9.70. The smallest absolute Gasteiger partial charge is 0.242 e. The highest BCUT2D eigenvalue weighted by Crippen LogP contribution is 2.38. The molecule has 0 radical (unpaired) electrons. The maximum absolute atomic E-state index is 12.1. The fourth-order valence-corrected chi connectivity index (χ4v) is 4.25. The second-order valence-electron chi connectivity index (χ2n) is 5.42. The zero-order valence-corrected chi connectivity index (χ0v) is 11.1. The molecule has 0 amide bonds. The predicted molar refractivity (Wildman–Crippen MR) is 68.7 cm³/mol. The van der Waals surface area contributed by atoms with Gasteiger partial charge in [-0.1, -0.05) is 0 Å². The van der Waals surface area contributed by atoms with Gasteiger partial charge in [-0.25, -0.2) is 13.1 Å². The van der Waals surface area contributed by atoms with Gasteiger partial charge < -0.3 is 10.3 Å². The fraction of sp³-hybridized carbons (Fsp3) is 0.667. The summed E-state index contributed by atoms with van der Waals surface area (Å²) in [5.41, 5.74) is 0.212. The molecule has 1 saturated heterocycles. The van der Waals surface area contributed by atoms with Crippen LogP contribution in [0.25, 0.3) is 0 Å². The Morgan fingerprint density at radius 1 is 1.39 bits per heavy atom. The lowest BCUT2D eigenvalue weighted by Gasteiger charge is -2.48. The Morgan fingerprint density at radius 3 is 2.83 bits per heavy atom. The zero-order chi connectivity index (χ0) is 12.6. The van der Waals surface area contributed by atoms with Crippen LogP contribution in [0.15, 0.2) is 23.4 Å². The van der Waals surface area contributed by atoms with Crippen molar-refractivity contribution in [3.05, 3.63) is 18.5 Å². The molecule has 2 fully saturated rings. The van der Waals surface area contributed by atoms with Gasteiger partial charge in [0.2, 0.25) is 10.0 Å². The number of H-pyrrole nitrogens is 1. The van der Waals surface area contributed by atoms with Crippen molar-refractivity contribution in [3.63, 3.8) is 0 Å². The Balaban J connectivity index is 1.69. The largest absolute Gasteiger partial charge is 0.366 e. The van der Waals surface area contributed by atoms with E-state index in [0.29, 0.717) is 4.90 Å². The Morgan fingerprint density at radius 2 is 2.22 bits per heavy atom. The highest BCUT2D eigenvalue weighted by atomic mass is 32.2. The summed E-state index contributed by atoms with van der Waals surface area (Å²) >= 11 is 0. The van der Waals surface area contributed by atoms with Gasteiger partial charge in [0.1, 0.15) is 0 Å². The summed E-state index contributed by atoms with van der Waals surface area (Å²) in [6, 6.07) is 1.65. The van der Waals surface area contributed by atoms with E-state index in [1.165, 1.54) is 25.5 Å². The van der Waals surface area contributed by atoms with Gasteiger partial charge in [-0.2, -0.15) is 0 Å². The van der Waals surface area contributed by atoms with Gasteiger partial charge in [-0.05, 0) is 44.7 Å². The van der Waals surface area contributed by atoms with Crippen molar-refractivity contribution in [1.29, 1.82) is 0 Å². The van der Waals surface area contributed by atoms with Gasteiger partial charge >= 0.3 is 0 Å². The molecule has 2 heterocycles. The van der Waals surface area contributed by atoms with E-state index in [1.807, 2.05) is 0 Å². The number of hydrogen-bond acceptors (Lipinski definition) is 3. The van der Waals surface area contributed by atoms with Crippen LogP contribution in [0.2, 0.25) is 0 Å². The fourth-order valence-electron chi connectivity index (χ4n) is 3.01. The minimum atomic E-state index is -3.36. The minimum absolute atomic E-state index is 0.0615. The maximum atomic E-state index is 12.1. The molecule has 1 unspecified atom stereocenters. The van der Waals surface area contributed by atoms with Crippen LogP contribution in [-0.2, 0) is 10.0 Å². The molecular formula is C12H19N3O2S. The Bertz CT molecular complexity index is 505. The zero-order valence-electron chi connectivity index (χ0n) is 10.3. The van der Waals surface area contributed by atoms with E-state index in [4.69, 9.17) is 0 Å². The lowest BCUT2D eigenvalue weighted by molar-refractivity contribution is 0.126. The van der Waals surface area contributed by atoms with Gasteiger partial charge in [0.25, 0.3) is 0 Å². The van der Waals surface area contributed by atoms with Crippen LogP contribution in [-0.4, -0.2) is 31.5 Å². The van der Waals surface area contributed by atoms with Crippen molar-refractivity contribution in [3.8, 4) is 0 Å². The molecule has 2 aliphatic rings. The van der Waals surface area contributed by atoms with Crippen LogP contribution in [0.5, 0.6) is 0 Å². The molecule has 1 aliphatic carbocycles. The summed E-state index contributed by atoms with van der Waals surface area (Å²) in [5.74, 6) is 0. The van der Waals surface area contributed by atoms with Crippen molar-refractivity contribution in [1.82, 2.24) is 15.0 Å². The number of aromatic amines is 1. The van der Waals surface area contributed by atoms with Gasteiger partial charge in [-0.3, -0.25) is 0 Å². The molecule has 100 valence electrons. The van der Waals surface area contributed by atoms with Crippen molar-refractivity contribution in [2.75, 3.05) is 6.54 Å². The van der Waals surface area contributed by atoms with E-state index >= 15 is 0 Å². The molecule has 0 bridgehead atoms. The molecular weight excluding hydrogens is 250 g/mol. The maximum Gasteiger partial charge on any atom is 0.242 e. The molecule has 1 aromatic rings. The number of nitrogens with one attached hydrogen (secondary N) is 3. The number of sulfonamides is 1. The molecule has 1 atom stereocenters. The van der Waals surface area contributed by atoms with E-state index in [0.717, 1.165) is 19.4 Å². The van der Waals surface area contributed by atoms with Crippen LogP contribution in [0.3, 0.4) is 0 Å². The first-order valence-corrected chi connectivity index (χ1v) is 7.98. The summed E-state index contributed by atoms with van der Waals surface area (Å²) in [6.07, 6.45) is 8.53. The first-order chi connectivity index (χ1) is 8.60. The van der Waals surface area contributed by atoms with Crippen molar-refractivity contribution < 1.29 is 8.42 Å². The minimum Gasteiger partial charge on any atom is -0.366 e. The van der Waals surface area contributed by atoms with Crippen LogP contribution >= 0.6 is 0 Å². The molecule has 3 rings (SSSR count). The Kier molecular flexibility index (Phi) is 2.96. The molecule has 18 heavy (non-hydrogen) atoms. The van der Waals surface area contributed by atoms with E-state index < -0.39 is 10.0 Å². The Labute approximate surface area is 107 Å². The standard InChI is InChI=1S/C12H19N3O2S/c16-18(17,11-3-6-13-9-11)15-10-2-7-14-12(8-10)4-1-5-12/h3,6,9-10,13-15H,1-2,4-5,7-8H2. The normalized spacial score (nSPS) is 27.0. The second kappa shape index (κ2) is 4.36. The van der Waals surface area contributed by atoms with E-state index in [1.54, 1.807) is 12.3 Å². The van der Waals surface area contributed by atoms with Crippen molar-refractivity contribution in [2.45, 2.75) is 48.6 Å². The van der Waals surface area contributed by atoms with Crippen LogP contribution in [0.4, 0.5) is 0 Å². The SMILES string of the molecule is O=S(=O)(NC1CCNC2(CCC2)C1)c1cc[nH]c1. The molecule has 3 N–H and O–H groups in total. The van der Waals surface area contributed by atoms with Gasteiger partial charge in [0, 0.05) is 24.0 Å². The number of hydrogen-bond donors (Lipinski definition) is 3. The van der Waals surface area contributed by atoms with Gasteiger partial charge in [-0.15, -0.1) is 0 Å². The third-order valence-corrected chi connectivity index (χ3v) is 5.66. The number of piperidine rings is 1. The average molecular weight is 269 g/mol. The van der Waals surface area contributed by atoms with Gasteiger partial charge in [0.05, 0.1) is 4.90 Å². The third-order valence-electron chi connectivity index (χ3n) is 4.14. The molecule has 1 aliphatic heterocycles. The lowest BCUT2D eigenvalue weighted by Crippen LogP contribution is -2.59. The molecule has 1 aromatic heterocycles. The van der Waals surface area contributed by atoms with Gasteiger partial charge in [0.15, 0.2) is 0 Å². The summed E-state index contributed by atoms with van der Waals surface area (Å²) in [7, 11) is -3.36. The highest BCUT2D eigenvalue weighted by molar-refractivity contribution is 7.89. The van der Waals surface area contributed by atoms with E-state index in [9.17, 15) is 8.42 Å². The molecule has 6 heteroatoms. The summed E-state index contributed by atoms with van der Waals surface area (Å²) in [5, 5.41) is 3.54. The summed E-state index contributed by atoms with van der Waals surface area (Å²) in [4.78, 5) is 3.10. The quantitative estimate of drug-likeness (QED) is 0.765. The summed E-state index contributed by atoms with van der Waals surface area (Å²) in [6.45, 7) is 0.903. The second-order valence-corrected chi connectivity index (χ2v) is 7.13. The molecule has 0 aromatic carbocycles. The number of rotatable bonds is 3. The van der Waals surface area contributed by atoms with E-state index in [-0.39, 0.29) is 11.6 Å². The third kappa shape index (κ3) is 2.20. The van der Waals surface area contributed by atoms with Crippen LogP contribution in [0, 0.1) is 0 Å². The molecule has 1 spiro atoms. The first-order valence-electron chi connectivity index (χ1n) is 6.50. The van der Waals surface area contributed by atoms with Crippen molar-refractivity contribution >= 4 is 10.0 Å². The predicted octanol–water partition coefficient (Wildman–Crippen LogP) is 0.968. The molecule has 1 saturated carbocycles. The average Bonchev–Trinajstić information content (AvgIpc) is 2.80. The van der Waals surface area contributed by atoms with Crippen LogP contribution in [0.1, 0.15) is 32.1 Å². The topological polar surface area (TPSA) is 74.0 Å². The number of aromatic nitrogens is 1. The highest BCUT2D eigenvalue weighted by Gasteiger charge is 2.41. The van der Waals surface area contributed by atoms with E-state index in [2.05, 4.69) is 15.0 Å².